The number of amides is 2. The van der Waals surface area contributed by atoms with Gasteiger partial charge >= 0.3 is 6.03 Å². The molecule has 2 amide bonds. The lowest BCUT2D eigenvalue weighted by molar-refractivity contribution is 0.0480. The van der Waals surface area contributed by atoms with Gasteiger partial charge in [0.15, 0.2) is 0 Å². The topological polar surface area (TPSA) is 72.2 Å². The summed E-state index contributed by atoms with van der Waals surface area (Å²) in [6.07, 6.45) is 11.9. The number of hydrogen-bond donors (Lipinski definition) is 0. The van der Waals surface area contributed by atoms with Gasteiger partial charge in [0.25, 0.3) is 0 Å². The van der Waals surface area contributed by atoms with Crippen LogP contribution in [0.1, 0.15) is 78.6 Å². The Hall–Kier alpha value is -5.99. The number of benzene rings is 5. The number of fused-ring (bicyclic) bond motifs is 1. The molecule has 1 aliphatic carbocycles. The molecule has 0 spiro atoms. The zero-order valence-corrected chi connectivity index (χ0v) is 33.3. The van der Waals surface area contributed by atoms with Crippen molar-refractivity contribution in [3.05, 3.63) is 179 Å². The molecule has 3 heterocycles. The van der Waals surface area contributed by atoms with E-state index in [2.05, 4.69) is 127 Å². The monoisotopic (exact) mass is 769 g/mol. The van der Waals surface area contributed by atoms with Crippen LogP contribution in [0.2, 0.25) is 0 Å². The fourth-order valence-corrected chi connectivity index (χ4v) is 9.29. The molecule has 1 aromatic heterocycles. The molecule has 58 heavy (non-hydrogen) atoms. The number of carbonyl (C=O) groups is 1. The summed E-state index contributed by atoms with van der Waals surface area (Å²) >= 11 is 0. The first-order chi connectivity index (χ1) is 28.6. The molecule has 2 fully saturated rings. The quantitative estimate of drug-likeness (QED) is 0.123. The fraction of sp³-hybridized carbons (Fsp3) is 0.300. The SMILES string of the molecule is Cc1ccc2c(c1)N(c1ccc(OCCc3nccn3C(c3ccccc3)(c3ccccc3)c3ccccc3)cc1)C(=O)N(C1CCOCC1)N=C2C1CCCCC1. The predicted molar refractivity (Wildman–Crippen MR) is 230 cm³/mol. The lowest BCUT2D eigenvalue weighted by atomic mass is 9.76. The lowest BCUT2D eigenvalue weighted by Crippen LogP contribution is -2.45. The van der Waals surface area contributed by atoms with E-state index in [1.165, 1.54) is 19.3 Å². The molecule has 8 nitrogen and oxygen atoms in total. The summed E-state index contributed by atoms with van der Waals surface area (Å²) in [7, 11) is 0. The van der Waals surface area contributed by atoms with Gasteiger partial charge in [0.2, 0.25) is 0 Å². The van der Waals surface area contributed by atoms with Gasteiger partial charge in [0, 0.05) is 43.5 Å². The Morgan fingerprint density at radius 3 is 1.98 bits per heavy atom. The van der Waals surface area contributed by atoms with Crippen LogP contribution in [0.25, 0.3) is 0 Å². The van der Waals surface area contributed by atoms with Crippen molar-refractivity contribution in [1.29, 1.82) is 0 Å². The molecule has 0 unspecified atom stereocenters. The normalized spacial score (nSPS) is 16.8. The number of hydrazone groups is 1. The van der Waals surface area contributed by atoms with E-state index in [1.54, 1.807) is 5.01 Å². The summed E-state index contributed by atoms with van der Waals surface area (Å²) in [4.78, 5) is 21.6. The number of imidazole rings is 1. The number of anilines is 2. The van der Waals surface area contributed by atoms with E-state index in [-0.39, 0.29) is 12.1 Å². The molecular weight excluding hydrogens is 719 g/mol. The third-order valence-electron chi connectivity index (χ3n) is 12.1. The molecule has 9 rings (SSSR count). The van der Waals surface area contributed by atoms with Crippen molar-refractivity contribution in [2.45, 2.75) is 69.9 Å². The van der Waals surface area contributed by atoms with Crippen molar-refractivity contribution >= 4 is 23.1 Å². The summed E-state index contributed by atoms with van der Waals surface area (Å²) in [5.41, 5.74) is 7.68. The summed E-state index contributed by atoms with van der Waals surface area (Å²) < 4.78 is 14.5. The first kappa shape index (κ1) is 37.6. The molecular formula is C50H51N5O3. The Morgan fingerprint density at radius 1 is 0.741 bits per heavy atom. The van der Waals surface area contributed by atoms with Crippen LogP contribution in [0.3, 0.4) is 0 Å². The molecule has 0 N–H and O–H groups in total. The summed E-state index contributed by atoms with van der Waals surface area (Å²) in [5.74, 6) is 1.97. The van der Waals surface area contributed by atoms with E-state index < -0.39 is 5.54 Å². The average molecular weight is 770 g/mol. The van der Waals surface area contributed by atoms with Crippen LogP contribution in [-0.2, 0) is 16.7 Å². The highest BCUT2D eigenvalue weighted by Crippen LogP contribution is 2.42. The predicted octanol–water partition coefficient (Wildman–Crippen LogP) is 10.7. The van der Waals surface area contributed by atoms with Gasteiger partial charge < -0.3 is 14.0 Å². The van der Waals surface area contributed by atoms with Crippen molar-refractivity contribution in [2.24, 2.45) is 11.0 Å². The van der Waals surface area contributed by atoms with E-state index >= 15 is 0 Å². The van der Waals surface area contributed by atoms with E-state index in [0.717, 1.165) is 82.2 Å². The Balaban J connectivity index is 1.01. The largest absolute Gasteiger partial charge is 0.493 e. The van der Waals surface area contributed by atoms with Crippen LogP contribution in [0.5, 0.6) is 5.75 Å². The van der Waals surface area contributed by atoms with Gasteiger partial charge in [-0.3, -0.25) is 4.90 Å². The zero-order chi connectivity index (χ0) is 39.3. The van der Waals surface area contributed by atoms with Crippen LogP contribution >= 0.6 is 0 Å². The molecule has 0 bridgehead atoms. The molecule has 1 saturated carbocycles. The van der Waals surface area contributed by atoms with E-state index in [1.807, 2.05) is 35.4 Å². The van der Waals surface area contributed by atoms with Gasteiger partial charge in [0.1, 0.15) is 17.1 Å². The maximum atomic E-state index is 14.8. The van der Waals surface area contributed by atoms with Crippen molar-refractivity contribution in [1.82, 2.24) is 14.6 Å². The number of hydrogen-bond acceptors (Lipinski definition) is 5. The second-order valence-corrected chi connectivity index (χ2v) is 15.8. The van der Waals surface area contributed by atoms with E-state index in [0.29, 0.717) is 32.2 Å². The number of carbonyl (C=O) groups excluding carboxylic acids is 1. The van der Waals surface area contributed by atoms with Crippen LogP contribution in [0, 0.1) is 12.8 Å². The minimum Gasteiger partial charge on any atom is -0.493 e. The molecule has 1 saturated heterocycles. The molecule has 3 aliphatic rings. The third kappa shape index (κ3) is 7.22. The second-order valence-electron chi connectivity index (χ2n) is 15.8. The molecule has 294 valence electrons. The van der Waals surface area contributed by atoms with Crippen LogP contribution in [0.15, 0.2) is 151 Å². The van der Waals surface area contributed by atoms with Crippen molar-refractivity contribution in [3.63, 3.8) is 0 Å². The number of aryl methyl sites for hydroxylation is 1. The summed E-state index contributed by atoms with van der Waals surface area (Å²) in [5, 5.41) is 7.07. The average Bonchev–Trinajstić information content (AvgIpc) is 3.71. The number of aromatic nitrogens is 2. The second kappa shape index (κ2) is 16.9. The van der Waals surface area contributed by atoms with Gasteiger partial charge in [-0.1, -0.05) is 122 Å². The fourth-order valence-electron chi connectivity index (χ4n) is 9.29. The zero-order valence-electron chi connectivity index (χ0n) is 33.3. The summed E-state index contributed by atoms with van der Waals surface area (Å²) in [6.45, 7) is 3.78. The Kier molecular flexibility index (Phi) is 10.9. The van der Waals surface area contributed by atoms with Crippen molar-refractivity contribution in [3.8, 4) is 5.75 Å². The molecule has 0 atom stereocenters. The maximum Gasteiger partial charge on any atom is 0.349 e. The summed E-state index contributed by atoms with van der Waals surface area (Å²) in [6, 6.07) is 46.2. The van der Waals surface area contributed by atoms with E-state index in [9.17, 15) is 4.79 Å². The van der Waals surface area contributed by atoms with Gasteiger partial charge in [-0.2, -0.15) is 5.10 Å². The van der Waals surface area contributed by atoms with Gasteiger partial charge in [-0.25, -0.2) is 14.8 Å². The smallest absolute Gasteiger partial charge is 0.349 e. The first-order valence-corrected chi connectivity index (χ1v) is 20.9. The molecule has 5 aromatic carbocycles. The molecule has 8 heteroatoms. The van der Waals surface area contributed by atoms with Gasteiger partial charge in [-0.15, -0.1) is 0 Å². The Bertz CT molecular complexity index is 2230. The van der Waals surface area contributed by atoms with Crippen LogP contribution in [-0.4, -0.2) is 52.2 Å². The van der Waals surface area contributed by atoms with E-state index in [4.69, 9.17) is 19.6 Å². The highest BCUT2D eigenvalue weighted by atomic mass is 16.5. The highest BCUT2D eigenvalue weighted by Gasteiger charge is 2.40. The molecule has 0 radical (unpaired) electrons. The van der Waals surface area contributed by atoms with Crippen LogP contribution in [0.4, 0.5) is 16.2 Å². The minimum atomic E-state index is -0.648. The van der Waals surface area contributed by atoms with Crippen LogP contribution < -0.4 is 9.64 Å². The lowest BCUT2D eigenvalue weighted by Gasteiger charge is -2.38. The highest BCUT2D eigenvalue weighted by molar-refractivity contribution is 6.14. The van der Waals surface area contributed by atoms with Gasteiger partial charge in [-0.05, 0) is 85.2 Å². The van der Waals surface area contributed by atoms with Crippen molar-refractivity contribution in [2.75, 3.05) is 24.7 Å². The number of urea groups is 1. The molecule has 2 aliphatic heterocycles. The Morgan fingerprint density at radius 2 is 1.36 bits per heavy atom. The minimum absolute atomic E-state index is 0.0164. The molecule has 6 aromatic rings. The standard InChI is InChI=1S/C50H51N5O3/c1-37-22-27-45-46(36-37)54(49(56)55(43-28-33-57-34-29-43)52-48(45)38-14-6-2-7-15-38)42-23-25-44(26-24-42)58-35-30-47-51-31-32-53(47)50(39-16-8-3-9-17-39,40-18-10-4-11-19-40)41-20-12-5-13-21-41/h3-5,8-13,16-27,31-32,36,38,43H,2,6-7,14-15,28-30,33-35H2,1H3. The van der Waals surface area contributed by atoms with Crippen molar-refractivity contribution < 1.29 is 14.3 Å². The Labute approximate surface area is 341 Å². The number of rotatable bonds is 11. The third-order valence-corrected chi connectivity index (χ3v) is 12.1. The van der Waals surface area contributed by atoms with Gasteiger partial charge in [0.05, 0.1) is 29.7 Å². The first-order valence-electron chi connectivity index (χ1n) is 20.9. The number of nitrogens with zero attached hydrogens (tertiary/aromatic N) is 5. The maximum absolute atomic E-state index is 14.8. The number of ether oxygens (including phenoxy) is 2.